The van der Waals surface area contributed by atoms with E-state index in [0.717, 1.165) is 73.9 Å². The van der Waals surface area contributed by atoms with E-state index in [1.807, 2.05) is 0 Å². The van der Waals surface area contributed by atoms with Crippen LogP contribution in [0.25, 0.3) is 11.3 Å². The van der Waals surface area contributed by atoms with E-state index in [9.17, 15) is 4.79 Å². The van der Waals surface area contributed by atoms with E-state index in [1.165, 1.54) is 0 Å². The second kappa shape index (κ2) is 7.58. The van der Waals surface area contributed by atoms with Gasteiger partial charge in [-0.25, -0.2) is 15.0 Å². The quantitative estimate of drug-likeness (QED) is 0.647. The molecule has 1 saturated carbocycles. The van der Waals surface area contributed by atoms with Crippen molar-refractivity contribution in [2.24, 2.45) is 5.41 Å². The van der Waals surface area contributed by atoms with Gasteiger partial charge in [0.1, 0.15) is 12.1 Å². The van der Waals surface area contributed by atoms with Crippen molar-refractivity contribution in [3.63, 3.8) is 0 Å². The van der Waals surface area contributed by atoms with Crippen LogP contribution in [0.3, 0.4) is 0 Å². The lowest BCUT2D eigenvalue weighted by Crippen LogP contribution is -2.69. The number of likely N-dealkylation sites (tertiary alicyclic amines) is 1. The molecule has 1 aliphatic carbocycles. The maximum absolute atomic E-state index is 11.4. The normalized spacial score (nSPS) is 30.1. The molecule has 3 aliphatic heterocycles. The van der Waals surface area contributed by atoms with Crippen LogP contribution >= 0.6 is 0 Å². The Bertz CT molecular complexity index is 1120. The number of aldehydes is 1. The maximum atomic E-state index is 11.4. The van der Waals surface area contributed by atoms with Crippen LogP contribution in [0.5, 0.6) is 0 Å². The van der Waals surface area contributed by atoms with Crippen LogP contribution < -0.4 is 15.5 Å². The van der Waals surface area contributed by atoms with Gasteiger partial charge < -0.3 is 25.1 Å². The van der Waals surface area contributed by atoms with E-state index in [4.69, 9.17) is 20.4 Å². The molecule has 2 N–H and O–H groups in total. The molecular formula is C24H32N8O2. The van der Waals surface area contributed by atoms with Gasteiger partial charge in [0.05, 0.1) is 30.5 Å². The first kappa shape index (κ1) is 21.7. The van der Waals surface area contributed by atoms with Crippen molar-refractivity contribution in [2.45, 2.75) is 51.2 Å². The fourth-order valence-electron chi connectivity index (χ4n) is 5.87. The summed E-state index contributed by atoms with van der Waals surface area (Å²) in [6.45, 7) is 11.4. The SMILES string of the molecule is C[C@H]1COCCN1c1nc(-c2cnc(N)nc2)c2c(n1)N(C1(C)CN(C3CC3(C)C=O)C1)CC2. The highest BCUT2D eigenvalue weighted by atomic mass is 16.5. The molecule has 6 rings (SSSR count). The summed E-state index contributed by atoms with van der Waals surface area (Å²) in [6, 6.07) is 0.570. The van der Waals surface area contributed by atoms with Gasteiger partial charge >= 0.3 is 0 Å². The lowest BCUT2D eigenvalue weighted by Gasteiger charge is -2.54. The molecule has 10 heteroatoms. The molecule has 0 spiro atoms. The predicted octanol–water partition coefficient (Wildman–Crippen LogP) is 1.16. The summed E-state index contributed by atoms with van der Waals surface area (Å²) >= 11 is 0. The van der Waals surface area contributed by atoms with Crippen molar-refractivity contribution in [1.29, 1.82) is 0 Å². The van der Waals surface area contributed by atoms with Gasteiger partial charge in [0, 0.05) is 61.2 Å². The zero-order chi connectivity index (χ0) is 23.7. The van der Waals surface area contributed by atoms with Crippen LogP contribution in [0.2, 0.25) is 0 Å². The average Bonchev–Trinajstić information content (AvgIpc) is 3.30. The standard InChI is InChI=1S/C24H32N8O2/c1-15-11-34-7-6-31(15)22-28-19(16-9-26-21(25)27-10-16)17-4-5-32(20(17)29-22)24(3)12-30(13-24)18-8-23(18,2)14-33/h9-10,14-15,18H,4-8,11-13H2,1-3H3,(H2,25,26,27)/t15-,18?,23?/m0/s1. The minimum Gasteiger partial charge on any atom is -0.377 e. The number of hydrogen-bond acceptors (Lipinski definition) is 10. The Labute approximate surface area is 199 Å². The average molecular weight is 465 g/mol. The first-order valence-electron chi connectivity index (χ1n) is 12.1. The minimum absolute atomic E-state index is 0.0191. The molecule has 2 aromatic rings. The van der Waals surface area contributed by atoms with Crippen molar-refractivity contribution in [3.05, 3.63) is 18.0 Å². The Hall–Kier alpha value is -2.85. The highest BCUT2D eigenvalue weighted by Crippen LogP contribution is 2.51. The zero-order valence-corrected chi connectivity index (χ0v) is 20.1. The molecule has 0 radical (unpaired) electrons. The molecule has 0 aromatic carbocycles. The van der Waals surface area contributed by atoms with E-state index in [1.54, 1.807) is 12.4 Å². The van der Waals surface area contributed by atoms with Gasteiger partial charge in [-0.15, -0.1) is 0 Å². The summed E-state index contributed by atoms with van der Waals surface area (Å²) in [5.41, 5.74) is 8.44. The Balaban J connectivity index is 1.36. The lowest BCUT2D eigenvalue weighted by molar-refractivity contribution is -0.112. The van der Waals surface area contributed by atoms with Crippen LogP contribution in [-0.2, 0) is 16.0 Å². The number of nitrogen functional groups attached to an aromatic ring is 1. The molecule has 5 heterocycles. The summed E-state index contributed by atoms with van der Waals surface area (Å²) in [5.74, 6) is 1.98. The number of aromatic nitrogens is 4. The van der Waals surface area contributed by atoms with Gasteiger partial charge in [-0.3, -0.25) is 4.90 Å². The summed E-state index contributed by atoms with van der Waals surface area (Å²) in [4.78, 5) is 37.2. The predicted molar refractivity (Wildman–Crippen MR) is 129 cm³/mol. The molecule has 2 saturated heterocycles. The molecule has 0 amide bonds. The lowest BCUT2D eigenvalue weighted by atomic mass is 9.89. The zero-order valence-electron chi connectivity index (χ0n) is 20.1. The van der Waals surface area contributed by atoms with E-state index in [-0.39, 0.29) is 22.9 Å². The van der Waals surface area contributed by atoms with Gasteiger partial charge in [-0.1, -0.05) is 6.92 Å². The molecule has 4 aliphatic rings. The Kier molecular flexibility index (Phi) is 4.83. The number of rotatable bonds is 5. The third-order valence-electron chi connectivity index (χ3n) is 8.07. The largest absolute Gasteiger partial charge is 0.377 e. The van der Waals surface area contributed by atoms with Crippen LogP contribution in [0, 0.1) is 5.41 Å². The molecule has 3 fully saturated rings. The summed E-state index contributed by atoms with van der Waals surface area (Å²) < 4.78 is 5.65. The first-order chi connectivity index (χ1) is 16.3. The van der Waals surface area contributed by atoms with Gasteiger partial charge in [0.15, 0.2) is 0 Å². The fraction of sp³-hybridized carbons (Fsp3) is 0.625. The minimum atomic E-state index is -0.172. The second-order valence-corrected chi connectivity index (χ2v) is 10.8. The molecule has 180 valence electrons. The van der Waals surface area contributed by atoms with Crippen molar-refractivity contribution < 1.29 is 9.53 Å². The molecule has 0 bridgehead atoms. The Morgan fingerprint density at radius 3 is 2.62 bits per heavy atom. The number of nitrogens with two attached hydrogens (primary N) is 1. The number of anilines is 3. The Morgan fingerprint density at radius 1 is 1.18 bits per heavy atom. The molecular weight excluding hydrogens is 432 g/mol. The van der Waals surface area contributed by atoms with Crippen LogP contribution in [0.1, 0.15) is 32.8 Å². The molecule has 10 nitrogen and oxygen atoms in total. The molecule has 34 heavy (non-hydrogen) atoms. The van der Waals surface area contributed by atoms with Crippen LogP contribution in [-0.4, -0.2) is 88.1 Å². The van der Waals surface area contributed by atoms with Crippen LogP contribution in [0.4, 0.5) is 17.7 Å². The summed E-state index contributed by atoms with van der Waals surface area (Å²) in [5, 5.41) is 0. The number of carbonyl (C=O) groups excluding carboxylic acids is 1. The first-order valence-corrected chi connectivity index (χ1v) is 12.1. The maximum Gasteiger partial charge on any atom is 0.228 e. The van der Waals surface area contributed by atoms with E-state index in [0.29, 0.717) is 19.3 Å². The number of fused-ring (bicyclic) bond motifs is 1. The van der Waals surface area contributed by atoms with Crippen molar-refractivity contribution in [2.75, 3.05) is 54.9 Å². The van der Waals surface area contributed by atoms with Crippen molar-refractivity contribution in [1.82, 2.24) is 24.8 Å². The van der Waals surface area contributed by atoms with Crippen LogP contribution in [0.15, 0.2) is 12.4 Å². The number of morpholine rings is 1. The van der Waals surface area contributed by atoms with Crippen molar-refractivity contribution in [3.8, 4) is 11.3 Å². The van der Waals surface area contributed by atoms with Gasteiger partial charge in [-0.2, -0.15) is 4.98 Å². The van der Waals surface area contributed by atoms with Gasteiger partial charge in [0.2, 0.25) is 11.9 Å². The fourth-order valence-corrected chi connectivity index (χ4v) is 5.87. The number of carbonyl (C=O) groups is 1. The topological polar surface area (TPSA) is 114 Å². The van der Waals surface area contributed by atoms with Gasteiger partial charge in [0.25, 0.3) is 0 Å². The molecule has 2 aromatic heterocycles. The number of nitrogens with zero attached hydrogens (tertiary/aromatic N) is 7. The monoisotopic (exact) mass is 464 g/mol. The highest BCUT2D eigenvalue weighted by Gasteiger charge is 2.59. The van der Waals surface area contributed by atoms with E-state index >= 15 is 0 Å². The molecule has 3 atom stereocenters. The highest BCUT2D eigenvalue weighted by molar-refractivity contribution is 5.73. The summed E-state index contributed by atoms with van der Waals surface area (Å²) in [7, 11) is 0. The van der Waals surface area contributed by atoms with Gasteiger partial charge in [-0.05, 0) is 26.7 Å². The van der Waals surface area contributed by atoms with E-state index in [2.05, 4.69) is 45.4 Å². The van der Waals surface area contributed by atoms with Crippen molar-refractivity contribution >= 4 is 24.0 Å². The molecule has 2 unspecified atom stereocenters. The number of ether oxygens (including phenoxy) is 1. The third-order valence-corrected chi connectivity index (χ3v) is 8.07. The Morgan fingerprint density at radius 2 is 1.94 bits per heavy atom. The smallest absolute Gasteiger partial charge is 0.228 e. The number of hydrogen-bond donors (Lipinski definition) is 1. The second-order valence-electron chi connectivity index (χ2n) is 10.8. The van der Waals surface area contributed by atoms with E-state index < -0.39 is 0 Å². The third kappa shape index (κ3) is 3.34. The summed E-state index contributed by atoms with van der Waals surface area (Å²) in [6.07, 6.45) is 6.47.